The Morgan fingerprint density at radius 3 is 1.02 bits per heavy atom. The molecule has 14 rings (SSSR count). The van der Waals surface area contributed by atoms with E-state index in [2.05, 4.69) is 59.2 Å². The van der Waals surface area contributed by atoms with E-state index >= 15 is 17.6 Å². The van der Waals surface area contributed by atoms with Crippen molar-refractivity contribution in [2.24, 2.45) is 0 Å². The second-order valence-electron chi connectivity index (χ2n) is 23.9. The summed E-state index contributed by atoms with van der Waals surface area (Å²) in [4.78, 5) is 0. The van der Waals surface area contributed by atoms with Gasteiger partial charge < -0.3 is 5.73 Å². The van der Waals surface area contributed by atoms with Crippen molar-refractivity contribution in [1.82, 2.24) is 33.3 Å². The number of rotatable bonds is 9. The second-order valence-corrected chi connectivity index (χ2v) is 32.4. The van der Waals surface area contributed by atoms with Crippen LogP contribution < -0.4 is 79.0 Å². The van der Waals surface area contributed by atoms with Gasteiger partial charge in [0.05, 0.1) is 44.1 Å². The number of nitrogens with two attached hydrogens (primary N) is 1. The summed E-state index contributed by atoms with van der Waals surface area (Å²) in [7, 11) is 21.3. The minimum Gasteiger partial charge on any atom is -0.398 e. The zero-order chi connectivity index (χ0) is 60.8. The SMILES string of the molecule is [B]c1c(C)c2c3cc(C)c(F)n3p(Cc3[c-]c(C)c(I)c(Cp4n5c(F)c(C)cc5c5c(C)c([B])c(C)n54)c3-c3c(Cp4n5c(F)c(C)cc5c5c(C)c([B])c(C)n54)c(C)c(C)c(N)c3Cp3n4c(F)c(C)cc4c4c(C)c([B])c(C)n43)n2c1C.[K+]. The summed E-state index contributed by atoms with van der Waals surface area (Å²) in [6.45, 7) is 29.5. The van der Waals surface area contributed by atoms with Crippen LogP contribution in [0.15, 0.2) is 24.3 Å². The van der Waals surface area contributed by atoms with Crippen molar-refractivity contribution in [3.8, 4) is 11.1 Å². The number of halogens is 5. The van der Waals surface area contributed by atoms with Crippen LogP contribution in [0.2, 0.25) is 0 Å². The molecule has 0 amide bonds. The van der Waals surface area contributed by atoms with Crippen LogP contribution >= 0.6 is 54.0 Å². The zero-order valence-electron chi connectivity index (χ0n) is 51.3. The van der Waals surface area contributed by atoms with Crippen molar-refractivity contribution < 1.29 is 68.9 Å². The van der Waals surface area contributed by atoms with Gasteiger partial charge in [0.25, 0.3) is 0 Å². The van der Waals surface area contributed by atoms with Crippen molar-refractivity contribution in [1.29, 1.82) is 0 Å². The molecule has 86 heavy (non-hydrogen) atoms. The standard InChI is InChI=1S/C63H59B4F4IN9P4.K/c1-25-16-40(21-82-74-36(12)50(64)32(8)56(74)44-17-26(2)60(68)78(44)82)48(42(54(25)72)23-84-76-38(14)52(66)34(10)58(76)46-19-28(4)62(70)80(46)84)49-41(22-83-75-37(13)51(65)33(9)57(75)45-18-27(3)61(69)79(45)83)30(6)31(7)55(73)43(49)24-85-77-39(15)53(67)35(11)59(77)47-20-29(5)63(71)81(47)85;/h17-20H,21-24,73H2,1-15H3;/q-1;+1. The van der Waals surface area contributed by atoms with E-state index in [0.717, 1.165) is 143 Å². The van der Waals surface area contributed by atoms with Crippen LogP contribution in [0.3, 0.4) is 0 Å². The summed E-state index contributed by atoms with van der Waals surface area (Å²) in [5.41, 5.74) is 34.4. The average molecular weight is 1350 g/mol. The summed E-state index contributed by atoms with van der Waals surface area (Å²) in [5, 5.41) is 0. The molecule has 424 valence electrons. The average Bonchev–Trinajstić information content (AvgIpc) is 1.54. The van der Waals surface area contributed by atoms with Crippen molar-refractivity contribution in [3.05, 3.63) is 164 Å². The summed E-state index contributed by atoms with van der Waals surface area (Å²) < 4.78 is 86.7. The Morgan fingerprint density at radius 2 is 0.698 bits per heavy atom. The molecule has 0 aliphatic heterocycles. The van der Waals surface area contributed by atoms with Gasteiger partial charge in [0.1, 0.15) is 31.4 Å². The van der Waals surface area contributed by atoms with E-state index < -0.39 is 31.4 Å². The Hall–Kier alpha value is -3.97. The molecule has 12 heterocycles. The van der Waals surface area contributed by atoms with Crippen molar-refractivity contribution >= 4 is 157 Å². The van der Waals surface area contributed by atoms with Crippen LogP contribution in [0.5, 0.6) is 0 Å². The van der Waals surface area contributed by atoms with E-state index in [4.69, 9.17) is 37.1 Å². The largest absolute Gasteiger partial charge is 1.00 e. The number of hydrogen-bond acceptors (Lipinski definition) is 1. The maximum absolute atomic E-state index is 17.4. The van der Waals surface area contributed by atoms with E-state index in [1.807, 2.05) is 103 Å². The summed E-state index contributed by atoms with van der Waals surface area (Å²) in [6.07, 6.45) is 1.21. The van der Waals surface area contributed by atoms with Gasteiger partial charge >= 0.3 is 51.4 Å². The predicted octanol–water partition coefficient (Wildman–Crippen LogP) is 10.9. The van der Waals surface area contributed by atoms with Crippen molar-refractivity contribution in [2.75, 3.05) is 5.73 Å². The molecule has 0 spiro atoms. The molecule has 0 aliphatic rings. The van der Waals surface area contributed by atoms with Gasteiger partial charge in [-0.15, -0.1) is 39.3 Å². The minimum atomic E-state index is -1.68. The number of aromatic nitrogens is 8. The second kappa shape index (κ2) is 20.8. The third-order valence-electron chi connectivity index (χ3n) is 19.2. The number of fused-ring (bicyclic) bond motifs is 12. The first-order valence-corrected chi connectivity index (χ1v) is 35.1. The maximum atomic E-state index is 17.4. The molecule has 12 aromatic heterocycles. The Balaban J connectivity index is 0.00000686. The number of aryl methyl sites for hydroxylation is 13. The molecule has 4 unspecified atom stereocenters. The summed E-state index contributed by atoms with van der Waals surface area (Å²) in [6, 6.07) is 11.7. The quantitative estimate of drug-likeness (QED) is 0.0506. The molecular weight excluding hydrogens is 1290 g/mol. The Kier molecular flexibility index (Phi) is 14.7. The molecule has 14 aromatic rings. The van der Waals surface area contributed by atoms with E-state index in [-0.39, 0.29) is 81.3 Å². The normalized spacial score (nSPS) is 13.3. The molecular formula is C63H59B4F4IKN9P4. The molecule has 2 aromatic carbocycles. The maximum Gasteiger partial charge on any atom is 1.00 e. The fourth-order valence-electron chi connectivity index (χ4n) is 14.4. The number of hydrogen-bond donors (Lipinski definition) is 1. The Bertz CT molecular complexity index is 5240. The zero-order valence-corrected chi connectivity index (χ0v) is 60.1. The molecule has 0 aliphatic carbocycles. The van der Waals surface area contributed by atoms with Gasteiger partial charge in [-0.1, -0.05) is 37.9 Å². The summed E-state index contributed by atoms with van der Waals surface area (Å²) >= 11 is 2.46. The van der Waals surface area contributed by atoms with Gasteiger partial charge in [-0.2, -0.15) is 29.2 Å². The summed E-state index contributed by atoms with van der Waals surface area (Å²) in [5.74, 6) is -1.28. The molecule has 9 nitrogen and oxygen atoms in total. The predicted molar refractivity (Wildman–Crippen MR) is 361 cm³/mol. The third-order valence-corrected chi connectivity index (χ3v) is 30.3. The molecule has 0 saturated carbocycles. The van der Waals surface area contributed by atoms with Crippen molar-refractivity contribution in [2.45, 2.75) is 129 Å². The smallest absolute Gasteiger partial charge is 0.398 e. The number of benzene rings is 2. The van der Waals surface area contributed by atoms with Gasteiger partial charge in [-0.25, -0.2) is 0 Å². The third kappa shape index (κ3) is 7.87. The molecule has 8 radical (unpaired) electrons. The van der Waals surface area contributed by atoms with Gasteiger partial charge in [-0.3, -0.25) is 33.3 Å². The monoisotopic (exact) mass is 1350 g/mol. The first-order chi connectivity index (χ1) is 40.1. The molecule has 23 heteroatoms. The van der Waals surface area contributed by atoms with Gasteiger partial charge in [0.2, 0.25) is 23.8 Å². The molecule has 0 fully saturated rings. The van der Waals surface area contributed by atoms with Crippen LogP contribution in [0.25, 0.3) is 55.3 Å². The van der Waals surface area contributed by atoms with E-state index in [1.54, 1.807) is 27.7 Å². The topological polar surface area (TPSA) is 61.3 Å². The number of anilines is 1. The fraction of sp³-hybridized carbons (Fsp3) is 0.302. The first-order valence-electron chi connectivity index (χ1n) is 28.3. The minimum absolute atomic E-state index is 0. The molecule has 0 bridgehead atoms. The van der Waals surface area contributed by atoms with E-state index in [1.165, 1.54) is 0 Å². The van der Waals surface area contributed by atoms with Gasteiger partial charge in [0, 0.05) is 107 Å². The van der Waals surface area contributed by atoms with Gasteiger partial charge in [-0.05, 0) is 166 Å². The Morgan fingerprint density at radius 1 is 0.407 bits per heavy atom. The fourth-order valence-corrected chi connectivity index (χ4v) is 26.4. The van der Waals surface area contributed by atoms with Crippen LogP contribution in [0.1, 0.15) is 106 Å². The van der Waals surface area contributed by atoms with Crippen LogP contribution in [0.4, 0.5) is 23.2 Å². The number of nitrogen functional groups attached to an aromatic ring is 1. The van der Waals surface area contributed by atoms with Gasteiger partial charge in [0.15, 0.2) is 0 Å². The number of nitrogens with zero attached hydrogens (tertiary/aromatic N) is 8. The van der Waals surface area contributed by atoms with Crippen LogP contribution in [-0.4, -0.2) is 64.7 Å². The Labute approximate surface area is 562 Å². The molecule has 2 N–H and O–H groups in total. The van der Waals surface area contributed by atoms with E-state index in [9.17, 15) is 0 Å². The van der Waals surface area contributed by atoms with Crippen LogP contribution in [-0.2, 0) is 24.6 Å². The first kappa shape index (κ1) is 60.9. The van der Waals surface area contributed by atoms with Crippen molar-refractivity contribution in [3.63, 3.8) is 0 Å². The van der Waals surface area contributed by atoms with Crippen LogP contribution in [0, 0.1) is 137 Å². The molecule has 4 atom stereocenters. The molecule has 0 saturated heterocycles. The van der Waals surface area contributed by atoms with E-state index in [0.29, 0.717) is 68.3 Å².